The Labute approximate surface area is 39.7 Å². The maximum absolute atomic E-state index is 2.13. The minimum Gasteiger partial charge on any atom is -0.0921 e. The van der Waals surface area contributed by atoms with Crippen molar-refractivity contribution in [1.29, 1.82) is 0 Å². The van der Waals surface area contributed by atoms with E-state index in [1.54, 1.807) is 0 Å². The lowest BCUT2D eigenvalue weighted by atomic mass is 10.4. The normalized spacial score (nSPS) is 22.8. The summed E-state index contributed by atoms with van der Waals surface area (Å²) in [6.07, 6.45) is 4.21. The summed E-state index contributed by atoms with van der Waals surface area (Å²) in [7, 11) is 1.37. The molecule has 0 aromatic heterocycles. The third kappa shape index (κ3) is 0.693. The van der Waals surface area contributed by atoms with Gasteiger partial charge >= 0.3 is 0 Å². The van der Waals surface area contributed by atoms with E-state index in [4.69, 9.17) is 0 Å². The van der Waals surface area contributed by atoms with Gasteiger partial charge in [0.2, 0.25) is 0 Å². The van der Waals surface area contributed by atoms with Crippen LogP contribution in [0.5, 0.6) is 0 Å². The zero-order valence-corrected chi connectivity index (χ0v) is 4.57. The van der Waals surface area contributed by atoms with Crippen LogP contribution >= 0.6 is 8.20 Å². The van der Waals surface area contributed by atoms with Gasteiger partial charge in [-0.15, -0.1) is 0 Å². The molecular weight excluding hydrogens is 91.0 g/mol. The van der Waals surface area contributed by atoms with Gasteiger partial charge in [-0.3, -0.25) is 0 Å². The predicted octanol–water partition coefficient (Wildman–Crippen LogP) is 1.86. The van der Waals surface area contributed by atoms with Gasteiger partial charge in [-0.25, -0.2) is 0 Å². The standard InChI is InChI=1S/C5H6P/c1-5-3-2-4-6-5/h2-4H,1H3. The molecule has 0 aliphatic carbocycles. The van der Waals surface area contributed by atoms with Crippen molar-refractivity contribution in [3.63, 3.8) is 0 Å². The summed E-state index contributed by atoms with van der Waals surface area (Å²) in [4.78, 5) is 0. The summed E-state index contributed by atoms with van der Waals surface area (Å²) in [5.74, 6) is 2.13. The zero-order valence-electron chi connectivity index (χ0n) is 3.68. The van der Waals surface area contributed by atoms with Crippen LogP contribution in [0.15, 0.2) is 12.2 Å². The van der Waals surface area contributed by atoms with E-state index in [1.807, 2.05) is 0 Å². The average molecular weight is 97.1 g/mol. The van der Waals surface area contributed by atoms with Gasteiger partial charge < -0.3 is 0 Å². The molecule has 0 aromatic rings. The summed E-state index contributed by atoms with van der Waals surface area (Å²) < 4.78 is 0. The monoisotopic (exact) mass is 97.0 g/mol. The van der Waals surface area contributed by atoms with Gasteiger partial charge in [0.1, 0.15) is 0 Å². The number of hydrogen-bond acceptors (Lipinski definition) is 0. The smallest absolute Gasteiger partial charge is 0.0440 e. The second kappa shape index (κ2) is 1.57. The highest BCUT2D eigenvalue weighted by molar-refractivity contribution is 7.43. The molecule has 0 nitrogen and oxygen atoms in total. The van der Waals surface area contributed by atoms with Crippen LogP contribution in [0.4, 0.5) is 0 Å². The Morgan fingerprint density at radius 2 is 2.50 bits per heavy atom. The number of allylic oxidation sites excluding steroid dienone is 2. The van der Waals surface area contributed by atoms with Gasteiger partial charge in [0.05, 0.1) is 0 Å². The van der Waals surface area contributed by atoms with E-state index in [-0.39, 0.29) is 0 Å². The molecule has 1 heterocycles. The molecule has 0 saturated carbocycles. The molecule has 0 atom stereocenters. The summed E-state index contributed by atoms with van der Waals surface area (Å²) in [5.41, 5.74) is 1.44. The molecule has 0 aromatic carbocycles. The fraction of sp³-hybridized carbons (Fsp3) is 0.200. The Kier molecular flexibility index (Phi) is 1.07. The van der Waals surface area contributed by atoms with Crippen molar-refractivity contribution < 1.29 is 0 Å². The minimum atomic E-state index is 1.37. The van der Waals surface area contributed by atoms with Crippen molar-refractivity contribution in [2.45, 2.75) is 6.92 Å². The summed E-state index contributed by atoms with van der Waals surface area (Å²) in [5, 5.41) is 0. The van der Waals surface area contributed by atoms with Crippen LogP contribution in [0.25, 0.3) is 0 Å². The van der Waals surface area contributed by atoms with Crippen LogP contribution < -0.4 is 0 Å². The number of hydrogen-bond donors (Lipinski definition) is 0. The van der Waals surface area contributed by atoms with Crippen molar-refractivity contribution >= 4 is 14.0 Å². The Morgan fingerprint density at radius 1 is 1.67 bits per heavy atom. The van der Waals surface area contributed by atoms with Crippen molar-refractivity contribution in [1.82, 2.24) is 0 Å². The van der Waals surface area contributed by atoms with Crippen LogP contribution in [0, 0.1) is 5.66 Å². The molecular formula is C5H6P. The van der Waals surface area contributed by atoms with Crippen LogP contribution in [0.2, 0.25) is 0 Å². The fourth-order valence-corrected chi connectivity index (χ4v) is 0.965. The van der Waals surface area contributed by atoms with Crippen molar-refractivity contribution in [3.8, 4) is 0 Å². The average Bonchev–Trinajstić information content (AvgIpc) is 1.86. The fourth-order valence-electron chi connectivity index (χ4n) is 0.386. The maximum atomic E-state index is 2.13. The predicted molar refractivity (Wildman–Crippen MR) is 31.0 cm³/mol. The van der Waals surface area contributed by atoms with E-state index in [0.29, 0.717) is 0 Å². The Balaban J connectivity index is 2.60. The first-order chi connectivity index (χ1) is 2.89. The largest absolute Gasteiger partial charge is 0.0921 e. The van der Waals surface area contributed by atoms with Crippen LogP contribution in [-0.2, 0) is 0 Å². The van der Waals surface area contributed by atoms with Crippen LogP contribution in [0.1, 0.15) is 6.92 Å². The Bertz CT molecular complexity index is 80.1. The van der Waals surface area contributed by atoms with Gasteiger partial charge in [-0.05, 0) is 12.7 Å². The summed E-state index contributed by atoms with van der Waals surface area (Å²) >= 11 is 0. The van der Waals surface area contributed by atoms with Gasteiger partial charge in [-0.1, -0.05) is 20.4 Å². The lowest BCUT2D eigenvalue weighted by Gasteiger charge is -1.81. The molecule has 1 aliphatic heterocycles. The van der Waals surface area contributed by atoms with E-state index >= 15 is 0 Å². The molecule has 0 N–H and O–H groups in total. The third-order valence-electron chi connectivity index (χ3n) is 0.702. The number of rotatable bonds is 0. The van der Waals surface area contributed by atoms with Crippen molar-refractivity contribution in [2.75, 3.05) is 0 Å². The quantitative estimate of drug-likeness (QED) is 0.405. The topological polar surface area (TPSA) is 0 Å². The molecule has 6 heavy (non-hydrogen) atoms. The van der Waals surface area contributed by atoms with Gasteiger partial charge in [0, 0.05) is 5.66 Å². The molecule has 31 valence electrons. The van der Waals surface area contributed by atoms with Crippen LogP contribution in [0.3, 0.4) is 0 Å². The first kappa shape index (κ1) is 4.08. The molecule has 1 rings (SSSR count). The lowest BCUT2D eigenvalue weighted by Crippen LogP contribution is -1.59. The summed E-state index contributed by atoms with van der Waals surface area (Å²) in [6, 6.07) is 0. The minimum absolute atomic E-state index is 1.37. The highest BCUT2D eigenvalue weighted by Gasteiger charge is 1.91. The van der Waals surface area contributed by atoms with E-state index < -0.39 is 0 Å². The first-order valence-corrected chi connectivity index (χ1v) is 2.90. The van der Waals surface area contributed by atoms with Gasteiger partial charge in [-0.2, -0.15) is 0 Å². The molecule has 0 saturated heterocycles. The molecule has 0 amide bonds. The van der Waals surface area contributed by atoms with Gasteiger partial charge in [0.25, 0.3) is 0 Å². The van der Waals surface area contributed by atoms with Crippen LogP contribution in [-0.4, -0.2) is 5.80 Å². The Morgan fingerprint density at radius 3 is 2.67 bits per heavy atom. The first-order valence-electron chi connectivity index (χ1n) is 1.94. The second-order valence-corrected chi connectivity index (χ2v) is 2.54. The Hall–Kier alpha value is -0.0900. The molecule has 0 spiro atoms. The highest BCUT2D eigenvalue weighted by atomic mass is 31.1. The molecule has 0 fully saturated rings. The van der Waals surface area contributed by atoms with Gasteiger partial charge in [0.15, 0.2) is 0 Å². The molecule has 1 aliphatic rings. The molecule has 0 bridgehead atoms. The molecule has 0 unspecified atom stereocenters. The third-order valence-corrected chi connectivity index (χ3v) is 1.58. The molecule has 1 radical (unpaired) electrons. The van der Waals surface area contributed by atoms with E-state index in [9.17, 15) is 0 Å². The second-order valence-electron chi connectivity index (χ2n) is 1.28. The van der Waals surface area contributed by atoms with E-state index in [0.717, 1.165) is 0 Å². The zero-order chi connectivity index (χ0) is 4.41. The van der Waals surface area contributed by atoms with Crippen molar-refractivity contribution in [3.05, 3.63) is 17.8 Å². The maximum Gasteiger partial charge on any atom is 0.0440 e. The highest BCUT2D eigenvalue weighted by Crippen LogP contribution is 2.20. The lowest BCUT2D eigenvalue weighted by molar-refractivity contribution is 1.50. The molecule has 1 heteroatoms. The summed E-state index contributed by atoms with van der Waals surface area (Å²) in [6.45, 7) is 2.13. The SMILES string of the molecule is C[C]1C=CC=P1. The van der Waals surface area contributed by atoms with Crippen molar-refractivity contribution in [2.24, 2.45) is 0 Å². The van der Waals surface area contributed by atoms with E-state index in [2.05, 4.69) is 24.9 Å². The van der Waals surface area contributed by atoms with E-state index in [1.165, 1.54) is 13.9 Å².